The summed E-state index contributed by atoms with van der Waals surface area (Å²) in [4.78, 5) is 8.36. The van der Waals surface area contributed by atoms with E-state index in [9.17, 15) is 0 Å². The first-order chi connectivity index (χ1) is 4.38. The molecular formula is C7H12O2. The second kappa shape index (κ2) is 2.85. The van der Waals surface area contributed by atoms with E-state index >= 15 is 0 Å². The van der Waals surface area contributed by atoms with Crippen LogP contribution in [0.3, 0.4) is 0 Å². The highest BCUT2D eigenvalue weighted by atomic mass is 16.3. The van der Waals surface area contributed by atoms with Crippen LogP contribution in [0.1, 0.15) is 25.7 Å². The highest BCUT2D eigenvalue weighted by Crippen LogP contribution is 2.51. The molecule has 0 aromatic carbocycles. The summed E-state index contributed by atoms with van der Waals surface area (Å²) < 4.78 is 0. The average Bonchev–Trinajstić information content (AvgIpc) is 2.43. The van der Waals surface area contributed by atoms with Crippen molar-refractivity contribution in [2.24, 2.45) is 11.8 Å². The molecule has 2 atom stereocenters. The van der Waals surface area contributed by atoms with Crippen molar-refractivity contribution in [3.63, 3.8) is 0 Å². The Labute approximate surface area is 54.9 Å². The molecule has 2 saturated carbocycles. The quantitative estimate of drug-likeness (QED) is 0.502. The molecule has 2 fully saturated rings. The third kappa shape index (κ3) is 1.70. The van der Waals surface area contributed by atoms with Crippen LogP contribution in [-0.2, 0) is 4.79 Å². The molecule has 0 aliphatic heterocycles. The van der Waals surface area contributed by atoms with Gasteiger partial charge < -0.3 is 5.11 Å². The van der Waals surface area contributed by atoms with Crippen LogP contribution in [0, 0.1) is 11.8 Å². The van der Waals surface area contributed by atoms with E-state index in [4.69, 9.17) is 9.90 Å². The number of carbonyl (C=O) groups is 1. The first-order valence-corrected chi connectivity index (χ1v) is 3.46. The number of fused-ring (bicyclic) bond motifs is 1. The smallest absolute Gasteiger partial charge is 0.290 e. The fourth-order valence-corrected chi connectivity index (χ4v) is 1.66. The minimum Gasteiger partial charge on any atom is -0.483 e. The van der Waals surface area contributed by atoms with Crippen molar-refractivity contribution in [2.45, 2.75) is 25.7 Å². The van der Waals surface area contributed by atoms with Gasteiger partial charge in [-0.15, -0.1) is 0 Å². The molecule has 2 nitrogen and oxygen atoms in total. The number of hydrogen-bond acceptors (Lipinski definition) is 1. The van der Waals surface area contributed by atoms with Crippen LogP contribution >= 0.6 is 0 Å². The normalized spacial score (nSPS) is 36.0. The topological polar surface area (TPSA) is 37.3 Å². The van der Waals surface area contributed by atoms with Gasteiger partial charge in [0.2, 0.25) is 0 Å². The molecular weight excluding hydrogens is 116 g/mol. The predicted molar refractivity (Wildman–Crippen MR) is 34.1 cm³/mol. The fourth-order valence-electron chi connectivity index (χ4n) is 1.66. The summed E-state index contributed by atoms with van der Waals surface area (Å²) in [5.74, 6) is 2.43. The van der Waals surface area contributed by atoms with Gasteiger partial charge in [-0.2, -0.15) is 0 Å². The molecule has 0 saturated heterocycles. The first-order valence-electron chi connectivity index (χ1n) is 3.46. The Morgan fingerprint density at radius 2 is 1.78 bits per heavy atom. The van der Waals surface area contributed by atoms with Gasteiger partial charge in [0.1, 0.15) is 0 Å². The highest BCUT2D eigenvalue weighted by Gasteiger charge is 2.40. The zero-order chi connectivity index (χ0) is 6.69. The molecule has 0 aromatic heterocycles. The maximum absolute atomic E-state index is 8.36. The maximum atomic E-state index is 8.36. The van der Waals surface area contributed by atoms with Gasteiger partial charge in [-0.05, 0) is 18.3 Å². The zero-order valence-electron chi connectivity index (χ0n) is 5.42. The summed E-state index contributed by atoms with van der Waals surface area (Å²) in [6, 6.07) is 0. The van der Waals surface area contributed by atoms with Crippen molar-refractivity contribution in [3.05, 3.63) is 0 Å². The van der Waals surface area contributed by atoms with Gasteiger partial charge in [0.15, 0.2) is 0 Å². The van der Waals surface area contributed by atoms with Crippen LogP contribution in [0.4, 0.5) is 0 Å². The molecule has 1 N–H and O–H groups in total. The van der Waals surface area contributed by atoms with Gasteiger partial charge in [0, 0.05) is 0 Å². The molecule has 0 aromatic rings. The van der Waals surface area contributed by atoms with Gasteiger partial charge in [0.05, 0.1) is 0 Å². The Balaban J connectivity index is 0.000000120. The minimum atomic E-state index is -0.250. The lowest BCUT2D eigenvalue weighted by molar-refractivity contribution is -0.122. The summed E-state index contributed by atoms with van der Waals surface area (Å²) in [5.41, 5.74) is 0. The molecule has 0 bridgehead atoms. The van der Waals surface area contributed by atoms with Crippen molar-refractivity contribution in [1.82, 2.24) is 0 Å². The van der Waals surface area contributed by atoms with Gasteiger partial charge in [-0.3, -0.25) is 4.79 Å². The van der Waals surface area contributed by atoms with E-state index in [1.165, 1.54) is 18.3 Å². The van der Waals surface area contributed by atoms with E-state index in [1.54, 1.807) is 19.3 Å². The molecule has 2 unspecified atom stereocenters. The average molecular weight is 128 g/mol. The van der Waals surface area contributed by atoms with E-state index in [0.717, 1.165) is 0 Å². The first kappa shape index (κ1) is 6.59. The lowest BCUT2D eigenvalue weighted by atomic mass is 10.3. The number of carboxylic acid groups (broad SMARTS) is 1. The van der Waals surface area contributed by atoms with E-state index in [1.807, 2.05) is 0 Å². The molecule has 9 heavy (non-hydrogen) atoms. The Morgan fingerprint density at radius 3 is 1.89 bits per heavy atom. The highest BCUT2D eigenvalue weighted by molar-refractivity contribution is 5.32. The Kier molecular flexibility index (Phi) is 2.09. The molecule has 0 radical (unpaired) electrons. The molecule has 52 valence electrons. The van der Waals surface area contributed by atoms with Gasteiger partial charge in [0.25, 0.3) is 6.47 Å². The van der Waals surface area contributed by atoms with Crippen molar-refractivity contribution in [2.75, 3.05) is 0 Å². The largest absolute Gasteiger partial charge is 0.483 e. The second-order valence-corrected chi connectivity index (χ2v) is 2.79. The van der Waals surface area contributed by atoms with Crippen LogP contribution in [0.25, 0.3) is 0 Å². The SMILES string of the molecule is C1CC2CC2C1.O=CO. The summed E-state index contributed by atoms with van der Waals surface area (Å²) >= 11 is 0. The summed E-state index contributed by atoms with van der Waals surface area (Å²) in [6.45, 7) is -0.250. The lowest BCUT2D eigenvalue weighted by Gasteiger charge is -1.80. The van der Waals surface area contributed by atoms with Crippen LogP contribution in [-0.4, -0.2) is 11.6 Å². The van der Waals surface area contributed by atoms with Crippen LogP contribution < -0.4 is 0 Å². The summed E-state index contributed by atoms with van der Waals surface area (Å²) in [7, 11) is 0. The Hall–Kier alpha value is -0.530. The monoisotopic (exact) mass is 128 g/mol. The second-order valence-electron chi connectivity index (χ2n) is 2.79. The summed E-state index contributed by atoms with van der Waals surface area (Å²) in [5, 5.41) is 6.89. The van der Waals surface area contributed by atoms with E-state index in [-0.39, 0.29) is 6.47 Å². The van der Waals surface area contributed by atoms with Crippen LogP contribution in [0.5, 0.6) is 0 Å². The van der Waals surface area contributed by atoms with Crippen LogP contribution in [0.15, 0.2) is 0 Å². The molecule has 2 rings (SSSR count). The van der Waals surface area contributed by atoms with Crippen molar-refractivity contribution >= 4 is 6.47 Å². The van der Waals surface area contributed by atoms with E-state index in [2.05, 4.69) is 0 Å². The standard InChI is InChI=1S/C6H10.CH2O2/c1-2-5-4-6(5)3-1;2-1-3/h5-6H,1-4H2;1H,(H,2,3). The molecule has 2 heteroatoms. The molecule has 0 heterocycles. The summed E-state index contributed by atoms with van der Waals surface area (Å²) in [6.07, 6.45) is 6.24. The van der Waals surface area contributed by atoms with Crippen LogP contribution in [0.2, 0.25) is 0 Å². The number of rotatable bonds is 0. The minimum absolute atomic E-state index is 0.250. The van der Waals surface area contributed by atoms with Crippen molar-refractivity contribution in [3.8, 4) is 0 Å². The van der Waals surface area contributed by atoms with Gasteiger partial charge in [-0.25, -0.2) is 0 Å². The van der Waals surface area contributed by atoms with Gasteiger partial charge >= 0.3 is 0 Å². The lowest BCUT2D eigenvalue weighted by Crippen LogP contribution is -1.64. The van der Waals surface area contributed by atoms with E-state index < -0.39 is 0 Å². The third-order valence-electron chi connectivity index (χ3n) is 2.22. The van der Waals surface area contributed by atoms with Crippen molar-refractivity contribution in [1.29, 1.82) is 0 Å². The molecule has 2 aliphatic rings. The Morgan fingerprint density at radius 1 is 1.33 bits per heavy atom. The third-order valence-corrected chi connectivity index (χ3v) is 2.22. The predicted octanol–water partition coefficient (Wildman–Crippen LogP) is 1.51. The molecule has 0 amide bonds. The van der Waals surface area contributed by atoms with Gasteiger partial charge in [-0.1, -0.05) is 19.3 Å². The van der Waals surface area contributed by atoms with Crippen molar-refractivity contribution < 1.29 is 9.90 Å². The molecule has 0 spiro atoms. The number of hydrogen-bond donors (Lipinski definition) is 1. The van der Waals surface area contributed by atoms with E-state index in [0.29, 0.717) is 0 Å². The Bertz CT molecular complexity index is 93.1. The zero-order valence-corrected chi connectivity index (χ0v) is 5.42. The fraction of sp³-hybridized carbons (Fsp3) is 0.857. The molecule has 2 aliphatic carbocycles. The maximum Gasteiger partial charge on any atom is 0.290 e.